The van der Waals surface area contributed by atoms with E-state index < -0.39 is 16.2 Å². The van der Waals surface area contributed by atoms with Gasteiger partial charge in [-0.2, -0.15) is 11.8 Å². The van der Waals surface area contributed by atoms with E-state index in [1.165, 1.54) is 17.0 Å². The van der Waals surface area contributed by atoms with Crippen molar-refractivity contribution in [3.05, 3.63) is 44.9 Å². The normalized spacial score (nSPS) is 20.9. The van der Waals surface area contributed by atoms with Gasteiger partial charge < -0.3 is 5.32 Å². The molecule has 0 spiro atoms. The molecule has 7 nitrogen and oxygen atoms in total. The minimum absolute atomic E-state index is 0.0878. The van der Waals surface area contributed by atoms with Gasteiger partial charge in [-0.15, -0.1) is 0 Å². The van der Waals surface area contributed by atoms with Crippen molar-refractivity contribution in [2.75, 3.05) is 11.1 Å². The van der Waals surface area contributed by atoms with Gasteiger partial charge in [0.2, 0.25) is 5.82 Å². The molecule has 2 aromatic heterocycles. The first-order valence-corrected chi connectivity index (χ1v) is 9.20. The molecule has 2 aromatic rings. The smallest absolute Gasteiger partial charge is 0.360 e. The topological polar surface area (TPSA) is 89.5 Å². The number of aromatic nitrogens is 2. The molecule has 0 bridgehead atoms. The second-order valence-corrected chi connectivity index (χ2v) is 7.35. The lowest BCUT2D eigenvalue weighted by atomic mass is 9.95. The Bertz CT molecular complexity index is 805. The first-order valence-electron chi connectivity index (χ1n) is 8.15. The molecule has 0 radical (unpaired) electrons. The molecule has 1 saturated carbocycles. The number of anilines is 1. The van der Waals surface area contributed by atoms with E-state index >= 15 is 0 Å². The van der Waals surface area contributed by atoms with E-state index in [1.54, 1.807) is 18.2 Å². The van der Waals surface area contributed by atoms with Gasteiger partial charge >= 0.3 is 11.2 Å². The third-order valence-corrected chi connectivity index (χ3v) is 5.62. The number of thioether (sulfide) groups is 1. The van der Waals surface area contributed by atoms with E-state index in [4.69, 9.17) is 0 Å². The fourth-order valence-corrected chi connectivity index (χ4v) is 4.39. The average molecular weight is 348 g/mol. The summed E-state index contributed by atoms with van der Waals surface area (Å²) in [5.74, 6) is 1.09. The number of nitro groups is 1. The molecule has 3 rings (SSSR count). The van der Waals surface area contributed by atoms with Gasteiger partial charge in [-0.3, -0.25) is 19.3 Å². The lowest BCUT2D eigenvalue weighted by Gasteiger charge is -2.31. The van der Waals surface area contributed by atoms with E-state index in [2.05, 4.69) is 17.2 Å². The van der Waals surface area contributed by atoms with Gasteiger partial charge in [0.1, 0.15) is 5.65 Å². The number of rotatable bonds is 5. The molecule has 0 amide bonds. The number of hydrogen-bond acceptors (Lipinski definition) is 6. The van der Waals surface area contributed by atoms with Crippen LogP contribution in [0.15, 0.2) is 29.2 Å². The maximum atomic E-state index is 12.5. The summed E-state index contributed by atoms with van der Waals surface area (Å²) in [6.45, 7) is 2.11. The highest BCUT2D eigenvalue weighted by Crippen LogP contribution is 2.32. The third kappa shape index (κ3) is 3.24. The van der Waals surface area contributed by atoms with Gasteiger partial charge in [-0.25, -0.2) is 4.98 Å². The van der Waals surface area contributed by atoms with Crippen molar-refractivity contribution >= 4 is 28.9 Å². The zero-order valence-corrected chi connectivity index (χ0v) is 14.3. The summed E-state index contributed by atoms with van der Waals surface area (Å²) in [5, 5.41) is 15.0. The summed E-state index contributed by atoms with van der Waals surface area (Å²) in [4.78, 5) is 27.6. The Morgan fingerprint density at radius 1 is 1.42 bits per heavy atom. The van der Waals surface area contributed by atoms with Crippen molar-refractivity contribution in [1.29, 1.82) is 0 Å². The predicted octanol–water partition coefficient (Wildman–Crippen LogP) is 3.08. The van der Waals surface area contributed by atoms with Crippen molar-refractivity contribution in [1.82, 2.24) is 9.38 Å². The Morgan fingerprint density at radius 2 is 2.21 bits per heavy atom. The van der Waals surface area contributed by atoms with E-state index in [9.17, 15) is 14.9 Å². The minimum atomic E-state index is -0.649. The second kappa shape index (κ2) is 7.21. The van der Waals surface area contributed by atoms with Gasteiger partial charge in [0.25, 0.3) is 0 Å². The van der Waals surface area contributed by atoms with E-state index in [1.807, 2.05) is 11.8 Å². The highest BCUT2D eigenvalue weighted by Gasteiger charge is 2.30. The Labute approximate surface area is 143 Å². The molecule has 0 unspecified atom stereocenters. The van der Waals surface area contributed by atoms with Gasteiger partial charge in [0.05, 0.1) is 4.92 Å². The molecule has 1 fully saturated rings. The molecule has 8 heteroatoms. The van der Waals surface area contributed by atoms with E-state index in [-0.39, 0.29) is 11.9 Å². The highest BCUT2D eigenvalue weighted by molar-refractivity contribution is 7.99. The summed E-state index contributed by atoms with van der Waals surface area (Å²) in [5.41, 5.74) is -0.723. The molecule has 1 aliphatic carbocycles. The Morgan fingerprint density at radius 3 is 2.96 bits per heavy atom. The van der Waals surface area contributed by atoms with Crippen LogP contribution in [0.1, 0.15) is 32.6 Å². The van der Waals surface area contributed by atoms with Crippen molar-refractivity contribution in [3.63, 3.8) is 0 Å². The summed E-state index contributed by atoms with van der Waals surface area (Å²) in [6, 6.07) is 5.19. The number of hydrogen-bond donors (Lipinski definition) is 1. The van der Waals surface area contributed by atoms with Crippen LogP contribution in [0, 0.1) is 10.1 Å². The summed E-state index contributed by atoms with van der Waals surface area (Å²) in [7, 11) is 0. The monoisotopic (exact) mass is 348 g/mol. The molecule has 2 atom stereocenters. The minimum Gasteiger partial charge on any atom is -0.360 e. The number of pyridine rings is 1. The van der Waals surface area contributed by atoms with Gasteiger partial charge in [0.15, 0.2) is 0 Å². The van der Waals surface area contributed by atoms with Crippen LogP contribution in [0.2, 0.25) is 0 Å². The molecule has 0 aromatic carbocycles. The zero-order chi connectivity index (χ0) is 17.1. The standard InChI is InChI=1S/C16H20N4O3S/c1-2-24-12-8-4-3-7-11(12)17-15-14(20(22)23)16(21)19-10-6-5-9-13(19)18-15/h5-6,9-12,17H,2-4,7-8H2,1H3/t11-,12-/m0/s1. The Hall–Kier alpha value is -2.09. The van der Waals surface area contributed by atoms with Crippen LogP contribution in [0.25, 0.3) is 5.65 Å². The molecule has 24 heavy (non-hydrogen) atoms. The van der Waals surface area contributed by atoms with Gasteiger partial charge in [-0.05, 0) is 30.7 Å². The zero-order valence-electron chi connectivity index (χ0n) is 13.5. The Kier molecular flexibility index (Phi) is 5.03. The lowest BCUT2D eigenvalue weighted by molar-refractivity contribution is -0.385. The first kappa shape index (κ1) is 16.8. The maximum Gasteiger partial charge on any atom is 0.376 e. The predicted molar refractivity (Wildman–Crippen MR) is 95.9 cm³/mol. The largest absolute Gasteiger partial charge is 0.376 e. The second-order valence-electron chi connectivity index (χ2n) is 5.83. The van der Waals surface area contributed by atoms with Crippen LogP contribution in [-0.4, -0.2) is 31.4 Å². The van der Waals surface area contributed by atoms with E-state index in [0.29, 0.717) is 10.9 Å². The third-order valence-electron chi connectivity index (χ3n) is 4.30. The highest BCUT2D eigenvalue weighted by atomic mass is 32.2. The van der Waals surface area contributed by atoms with Gasteiger partial charge in [0, 0.05) is 17.5 Å². The molecule has 0 aliphatic heterocycles. The van der Waals surface area contributed by atoms with Crippen LogP contribution in [0.5, 0.6) is 0 Å². The molecule has 128 valence electrons. The molecule has 0 saturated heterocycles. The van der Waals surface area contributed by atoms with Crippen LogP contribution < -0.4 is 10.9 Å². The van der Waals surface area contributed by atoms with E-state index in [0.717, 1.165) is 25.0 Å². The van der Waals surface area contributed by atoms with Crippen LogP contribution in [0.4, 0.5) is 11.5 Å². The fourth-order valence-electron chi connectivity index (χ4n) is 3.20. The first-order chi connectivity index (χ1) is 11.6. The van der Waals surface area contributed by atoms with Crippen molar-refractivity contribution in [2.24, 2.45) is 0 Å². The number of fused-ring (bicyclic) bond motifs is 1. The summed E-state index contributed by atoms with van der Waals surface area (Å²) in [6.07, 6.45) is 5.77. The molecular formula is C16H20N4O3S. The average Bonchev–Trinajstić information content (AvgIpc) is 2.57. The van der Waals surface area contributed by atoms with Crippen molar-refractivity contribution < 1.29 is 4.92 Å². The fraction of sp³-hybridized carbons (Fsp3) is 0.500. The van der Waals surface area contributed by atoms with Gasteiger partial charge in [-0.1, -0.05) is 25.8 Å². The maximum absolute atomic E-state index is 12.5. The van der Waals surface area contributed by atoms with Crippen molar-refractivity contribution in [2.45, 2.75) is 43.9 Å². The summed E-state index contributed by atoms with van der Waals surface area (Å²) < 4.78 is 1.21. The van der Waals surface area contributed by atoms with Crippen LogP contribution in [0.3, 0.4) is 0 Å². The molecule has 1 N–H and O–H groups in total. The quantitative estimate of drug-likeness (QED) is 0.660. The lowest BCUT2D eigenvalue weighted by Crippen LogP contribution is -2.36. The summed E-state index contributed by atoms with van der Waals surface area (Å²) >= 11 is 1.86. The Balaban J connectivity index is 2.03. The molecule has 2 heterocycles. The van der Waals surface area contributed by atoms with Crippen LogP contribution >= 0.6 is 11.8 Å². The molecule has 1 aliphatic rings. The SMILES string of the molecule is CCS[C@H]1CCCC[C@@H]1Nc1nc2ccccn2c(=O)c1[N+](=O)[O-]. The van der Waals surface area contributed by atoms with Crippen molar-refractivity contribution in [3.8, 4) is 0 Å². The molecular weight excluding hydrogens is 328 g/mol. The van der Waals surface area contributed by atoms with Crippen LogP contribution in [-0.2, 0) is 0 Å². The number of nitrogens with zero attached hydrogens (tertiary/aromatic N) is 3. The number of nitrogens with one attached hydrogen (secondary N) is 1.